The predicted molar refractivity (Wildman–Crippen MR) is 106 cm³/mol. The first-order chi connectivity index (χ1) is 10.8. The van der Waals surface area contributed by atoms with E-state index in [1.165, 1.54) is 33.4 Å². The topological polar surface area (TPSA) is 0 Å². The van der Waals surface area contributed by atoms with Crippen molar-refractivity contribution in [2.24, 2.45) is 0 Å². The summed E-state index contributed by atoms with van der Waals surface area (Å²) in [6, 6.07) is 11.2. The van der Waals surface area contributed by atoms with Gasteiger partial charge in [0.15, 0.2) is 0 Å². The van der Waals surface area contributed by atoms with Gasteiger partial charge >= 0.3 is 0 Å². The standard InChI is InChI=1S/C23H29Cl/c1-21(2,3)14-12-16-15-10-9-11-18(24)20(15)23(7,8)19(16)17(13-14)22(4,5)6/h9-13H,1-8H3. The molecule has 0 radical (unpaired) electrons. The van der Waals surface area contributed by atoms with Gasteiger partial charge in [-0.05, 0) is 50.3 Å². The molecule has 3 rings (SSSR count). The second-order valence-corrected chi connectivity index (χ2v) is 10.1. The summed E-state index contributed by atoms with van der Waals surface area (Å²) in [5, 5.41) is 0.880. The zero-order chi connectivity index (χ0) is 18.1. The van der Waals surface area contributed by atoms with Crippen LogP contribution in [0.3, 0.4) is 0 Å². The highest BCUT2D eigenvalue weighted by molar-refractivity contribution is 6.32. The molecule has 0 spiro atoms. The molecule has 2 aromatic rings. The van der Waals surface area contributed by atoms with Crippen molar-refractivity contribution in [2.45, 2.75) is 71.6 Å². The SMILES string of the molecule is CC(C)(C)c1cc2c(c(C(C)(C)C)c1)C(C)(C)c1c(Cl)cccc1-2. The zero-order valence-electron chi connectivity index (χ0n) is 16.3. The van der Waals surface area contributed by atoms with Crippen molar-refractivity contribution in [1.29, 1.82) is 0 Å². The summed E-state index contributed by atoms with van der Waals surface area (Å²) in [5.74, 6) is 0. The second kappa shape index (κ2) is 5.11. The Bertz CT molecular complexity index is 811. The molecule has 1 aliphatic carbocycles. The molecule has 0 N–H and O–H groups in total. The Morgan fingerprint density at radius 3 is 1.96 bits per heavy atom. The van der Waals surface area contributed by atoms with Crippen molar-refractivity contribution >= 4 is 11.6 Å². The monoisotopic (exact) mass is 340 g/mol. The molecule has 0 aliphatic heterocycles. The number of halogens is 1. The first-order valence-corrected chi connectivity index (χ1v) is 9.22. The Morgan fingerprint density at radius 2 is 1.42 bits per heavy atom. The van der Waals surface area contributed by atoms with E-state index in [0.717, 1.165) is 5.02 Å². The van der Waals surface area contributed by atoms with Crippen LogP contribution in [0, 0.1) is 0 Å². The van der Waals surface area contributed by atoms with Crippen LogP contribution in [0.25, 0.3) is 11.1 Å². The molecule has 0 saturated heterocycles. The average Bonchev–Trinajstić information content (AvgIpc) is 2.66. The molecule has 1 heteroatoms. The summed E-state index contributed by atoms with van der Waals surface area (Å²) in [6.07, 6.45) is 0. The van der Waals surface area contributed by atoms with Gasteiger partial charge in [0.2, 0.25) is 0 Å². The van der Waals surface area contributed by atoms with Gasteiger partial charge in [0.25, 0.3) is 0 Å². The predicted octanol–water partition coefficient (Wildman–Crippen LogP) is 7.24. The minimum Gasteiger partial charge on any atom is -0.0840 e. The Kier molecular flexibility index (Phi) is 3.74. The lowest BCUT2D eigenvalue weighted by Crippen LogP contribution is -2.25. The van der Waals surface area contributed by atoms with Gasteiger partial charge in [0.1, 0.15) is 0 Å². The molecule has 0 fully saturated rings. The van der Waals surface area contributed by atoms with Crippen LogP contribution in [0.5, 0.6) is 0 Å². The van der Waals surface area contributed by atoms with E-state index < -0.39 is 0 Å². The largest absolute Gasteiger partial charge is 0.0840 e. The number of fused-ring (bicyclic) bond motifs is 3. The lowest BCUT2D eigenvalue weighted by atomic mass is 9.71. The summed E-state index contributed by atoms with van der Waals surface area (Å²) in [7, 11) is 0. The van der Waals surface area contributed by atoms with Crippen LogP contribution >= 0.6 is 11.6 Å². The van der Waals surface area contributed by atoms with Crippen molar-refractivity contribution in [3.05, 3.63) is 57.6 Å². The highest BCUT2D eigenvalue weighted by Gasteiger charge is 2.41. The van der Waals surface area contributed by atoms with Gasteiger partial charge in [-0.1, -0.05) is 91.3 Å². The van der Waals surface area contributed by atoms with Crippen LogP contribution in [0.1, 0.15) is 77.6 Å². The molecular weight excluding hydrogens is 312 g/mol. The minimum absolute atomic E-state index is 0.0674. The van der Waals surface area contributed by atoms with Gasteiger partial charge in [-0.25, -0.2) is 0 Å². The highest BCUT2D eigenvalue weighted by Crippen LogP contribution is 2.55. The molecule has 0 aromatic heterocycles. The van der Waals surface area contributed by atoms with Crippen molar-refractivity contribution in [3.8, 4) is 11.1 Å². The normalized spacial score (nSPS) is 16.0. The first kappa shape index (κ1) is 17.5. The molecule has 2 aromatic carbocycles. The Balaban J connectivity index is 2.47. The van der Waals surface area contributed by atoms with Gasteiger partial charge in [-0.2, -0.15) is 0 Å². The third-order valence-corrected chi connectivity index (χ3v) is 5.68. The quantitative estimate of drug-likeness (QED) is 0.474. The third kappa shape index (κ3) is 2.51. The fourth-order valence-corrected chi connectivity index (χ4v) is 4.47. The molecular formula is C23H29Cl. The average molecular weight is 341 g/mol. The number of hydrogen-bond acceptors (Lipinski definition) is 0. The van der Waals surface area contributed by atoms with Crippen LogP contribution in [0.4, 0.5) is 0 Å². The van der Waals surface area contributed by atoms with Crippen molar-refractivity contribution in [3.63, 3.8) is 0 Å². The van der Waals surface area contributed by atoms with Crippen molar-refractivity contribution in [1.82, 2.24) is 0 Å². The van der Waals surface area contributed by atoms with E-state index in [0.29, 0.717) is 0 Å². The lowest BCUT2D eigenvalue weighted by molar-refractivity contribution is 0.545. The van der Waals surface area contributed by atoms with Crippen molar-refractivity contribution < 1.29 is 0 Å². The number of rotatable bonds is 0. The van der Waals surface area contributed by atoms with E-state index in [-0.39, 0.29) is 16.2 Å². The molecule has 0 atom stereocenters. The van der Waals surface area contributed by atoms with Crippen LogP contribution < -0.4 is 0 Å². The van der Waals surface area contributed by atoms with E-state index >= 15 is 0 Å². The maximum Gasteiger partial charge on any atom is 0.0453 e. The second-order valence-electron chi connectivity index (χ2n) is 9.73. The van der Waals surface area contributed by atoms with E-state index in [2.05, 4.69) is 79.7 Å². The van der Waals surface area contributed by atoms with E-state index in [4.69, 9.17) is 11.6 Å². The first-order valence-electron chi connectivity index (χ1n) is 8.84. The van der Waals surface area contributed by atoms with Crippen LogP contribution in [-0.2, 0) is 16.2 Å². The van der Waals surface area contributed by atoms with E-state index in [9.17, 15) is 0 Å². The summed E-state index contributed by atoms with van der Waals surface area (Å²) in [4.78, 5) is 0. The number of benzene rings is 2. The molecule has 0 amide bonds. The fourth-order valence-electron chi connectivity index (χ4n) is 4.06. The maximum atomic E-state index is 6.64. The molecule has 24 heavy (non-hydrogen) atoms. The Labute approximate surface area is 152 Å². The summed E-state index contributed by atoms with van der Waals surface area (Å²) >= 11 is 6.64. The highest BCUT2D eigenvalue weighted by atomic mass is 35.5. The molecule has 0 heterocycles. The Hall–Kier alpha value is -1.27. The molecule has 128 valence electrons. The Morgan fingerprint density at radius 1 is 0.792 bits per heavy atom. The van der Waals surface area contributed by atoms with Crippen LogP contribution in [0.15, 0.2) is 30.3 Å². The van der Waals surface area contributed by atoms with Gasteiger partial charge < -0.3 is 0 Å². The molecule has 0 nitrogen and oxygen atoms in total. The smallest absolute Gasteiger partial charge is 0.0453 e. The summed E-state index contributed by atoms with van der Waals surface area (Å²) < 4.78 is 0. The van der Waals surface area contributed by atoms with E-state index in [1.54, 1.807) is 0 Å². The van der Waals surface area contributed by atoms with Crippen molar-refractivity contribution in [2.75, 3.05) is 0 Å². The lowest BCUT2D eigenvalue weighted by Gasteiger charge is -2.33. The molecule has 0 saturated carbocycles. The van der Waals surface area contributed by atoms with Crippen LogP contribution in [-0.4, -0.2) is 0 Å². The maximum absolute atomic E-state index is 6.64. The fraction of sp³-hybridized carbons (Fsp3) is 0.478. The summed E-state index contributed by atoms with van der Waals surface area (Å²) in [6.45, 7) is 18.5. The zero-order valence-corrected chi connectivity index (χ0v) is 17.0. The molecule has 0 unspecified atom stereocenters. The molecule has 0 bridgehead atoms. The van der Waals surface area contributed by atoms with Gasteiger partial charge in [0, 0.05) is 10.4 Å². The van der Waals surface area contributed by atoms with E-state index in [1.807, 2.05) is 6.07 Å². The van der Waals surface area contributed by atoms with Crippen LogP contribution in [0.2, 0.25) is 5.02 Å². The minimum atomic E-state index is -0.0674. The number of hydrogen-bond donors (Lipinski definition) is 0. The summed E-state index contributed by atoms with van der Waals surface area (Å²) in [5.41, 5.74) is 8.40. The van der Waals surface area contributed by atoms with Gasteiger partial charge in [-0.3, -0.25) is 0 Å². The van der Waals surface area contributed by atoms with Gasteiger partial charge in [-0.15, -0.1) is 0 Å². The third-order valence-electron chi connectivity index (χ3n) is 5.37. The molecule has 1 aliphatic rings. The van der Waals surface area contributed by atoms with Gasteiger partial charge in [0.05, 0.1) is 0 Å².